The van der Waals surface area contributed by atoms with Gasteiger partial charge in [-0.15, -0.1) is 0 Å². The summed E-state index contributed by atoms with van der Waals surface area (Å²) >= 11 is 0. The van der Waals surface area contributed by atoms with Gasteiger partial charge in [-0.05, 0) is 26.3 Å². The predicted octanol–water partition coefficient (Wildman–Crippen LogP) is 2.75. The molecule has 26 heavy (non-hydrogen) atoms. The maximum Gasteiger partial charge on any atom is 0.408 e. The number of methoxy groups -OCH3 is 1. The molecule has 0 unspecified atom stereocenters. The third kappa shape index (κ3) is 5.84. The van der Waals surface area contributed by atoms with E-state index in [0.29, 0.717) is 0 Å². The van der Waals surface area contributed by atoms with Gasteiger partial charge in [0.2, 0.25) is 0 Å². The number of carbonyl (C=O) groups excluding carboxylic acids is 2. The third-order valence-electron chi connectivity index (χ3n) is 3.43. The van der Waals surface area contributed by atoms with Crippen LogP contribution in [-0.4, -0.2) is 40.8 Å². The van der Waals surface area contributed by atoms with E-state index in [1.807, 2.05) is 24.3 Å². The van der Waals surface area contributed by atoms with Crippen LogP contribution >= 0.6 is 0 Å². The van der Waals surface area contributed by atoms with Gasteiger partial charge in [0.05, 0.1) is 19.0 Å². The molecule has 0 radical (unpaired) electrons. The standard InChI is InChI=1S/C19H23N3O4/c1-19(2,3)26-18(24)22-15(17(23)25-4)11-13-5-7-14(8-6-13)16-12-20-9-10-21-16/h5-10,12,15H,11H2,1-4H3,(H,22,24)/t15-/m0/s1. The molecule has 1 amide bonds. The van der Waals surface area contributed by atoms with E-state index in [1.54, 1.807) is 39.4 Å². The number of alkyl carbamates (subject to hydrolysis) is 1. The highest BCUT2D eigenvalue weighted by Crippen LogP contribution is 2.17. The minimum absolute atomic E-state index is 0.284. The van der Waals surface area contributed by atoms with E-state index in [4.69, 9.17) is 9.47 Å². The SMILES string of the molecule is COC(=O)[C@H](Cc1ccc(-c2cnccn2)cc1)NC(=O)OC(C)(C)C. The summed E-state index contributed by atoms with van der Waals surface area (Å²) in [7, 11) is 1.28. The van der Waals surface area contributed by atoms with E-state index in [-0.39, 0.29) is 6.42 Å². The fourth-order valence-electron chi connectivity index (χ4n) is 2.28. The number of aromatic nitrogens is 2. The van der Waals surface area contributed by atoms with E-state index in [2.05, 4.69) is 15.3 Å². The van der Waals surface area contributed by atoms with Crippen LogP contribution < -0.4 is 5.32 Å². The Labute approximate surface area is 152 Å². The lowest BCUT2D eigenvalue weighted by atomic mass is 10.0. The van der Waals surface area contributed by atoms with Crippen LogP contribution in [0, 0.1) is 0 Å². The van der Waals surface area contributed by atoms with Crippen LogP contribution in [0.25, 0.3) is 11.3 Å². The molecule has 0 aliphatic heterocycles. The van der Waals surface area contributed by atoms with Crippen molar-refractivity contribution in [2.45, 2.75) is 38.8 Å². The molecule has 0 saturated carbocycles. The van der Waals surface area contributed by atoms with Crippen LogP contribution in [0.5, 0.6) is 0 Å². The van der Waals surface area contributed by atoms with E-state index in [1.165, 1.54) is 7.11 Å². The number of rotatable bonds is 5. The zero-order valence-corrected chi connectivity index (χ0v) is 15.4. The Morgan fingerprint density at radius 3 is 2.38 bits per heavy atom. The van der Waals surface area contributed by atoms with E-state index in [0.717, 1.165) is 16.8 Å². The molecule has 0 fully saturated rings. The van der Waals surface area contributed by atoms with Crippen LogP contribution in [0.4, 0.5) is 4.79 Å². The normalized spacial score (nSPS) is 12.2. The van der Waals surface area contributed by atoms with Gasteiger partial charge in [-0.25, -0.2) is 9.59 Å². The monoisotopic (exact) mass is 357 g/mol. The van der Waals surface area contributed by atoms with Crippen molar-refractivity contribution in [2.24, 2.45) is 0 Å². The predicted molar refractivity (Wildman–Crippen MR) is 96.3 cm³/mol. The molecule has 1 aromatic carbocycles. The van der Waals surface area contributed by atoms with E-state index < -0.39 is 23.7 Å². The summed E-state index contributed by atoms with van der Waals surface area (Å²) < 4.78 is 9.99. The largest absolute Gasteiger partial charge is 0.467 e. The summed E-state index contributed by atoms with van der Waals surface area (Å²) in [6, 6.07) is 6.69. The van der Waals surface area contributed by atoms with Crippen molar-refractivity contribution in [2.75, 3.05) is 7.11 Å². The average Bonchev–Trinajstić information content (AvgIpc) is 2.60. The summed E-state index contributed by atoms with van der Waals surface area (Å²) in [5, 5.41) is 2.56. The van der Waals surface area contributed by atoms with Crippen molar-refractivity contribution in [1.29, 1.82) is 0 Å². The number of hydrogen-bond acceptors (Lipinski definition) is 6. The van der Waals surface area contributed by atoms with Crippen LogP contribution in [0.15, 0.2) is 42.9 Å². The Morgan fingerprint density at radius 2 is 1.85 bits per heavy atom. The molecule has 0 bridgehead atoms. The highest BCUT2D eigenvalue weighted by molar-refractivity contribution is 5.81. The van der Waals surface area contributed by atoms with Crippen LogP contribution in [-0.2, 0) is 20.7 Å². The molecule has 2 aromatic rings. The maximum absolute atomic E-state index is 12.0. The molecule has 7 heteroatoms. The Balaban J connectivity index is 2.08. The number of esters is 1. The fourth-order valence-corrected chi connectivity index (χ4v) is 2.28. The molecule has 1 N–H and O–H groups in total. The molecule has 7 nitrogen and oxygen atoms in total. The molecule has 0 spiro atoms. The second-order valence-corrected chi connectivity index (χ2v) is 6.71. The highest BCUT2D eigenvalue weighted by Gasteiger charge is 2.25. The molecule has 1 heterocycles. The van der Waals surface area contributed by atoms with E-state index in [9.17, 15) is 9.59 Å². The molecule has 1 aromatic heterocycles. The molecule has 2 rings (SSSR count). The Bertz CT molecular complexity index is 740. The zero-order chi connectivity index (χ0) is 19.2. The maximum atomic E-state index is 12.0. The first-order valence-electron chi connectivity index (χ1n) is 8.21. The quantitative estimate of drug-likeness (QED) is 0.828. The number of amides is 1. The van der Waals surface area contributed by atoms with Crippen molar-refractivity contribution in [1.82, 2.24) is 15.3 Å². The minimum atomic E-state index is -0.836. The zero-order valence-electron chi connectivity index (χ0n) is 15.4. The molecule has 1 atom stereocenters. The Morgan fingerprint density at radius 1 is 1.15 bits per heavy atom. The van der Waals surface area contributed by atoms with Crippen LogP contribution in [0.2, 0.25) is 0 Å². The van der Waals surface area contributed by atoms with Gasteiger partial charge in [0.25, 0.3) is 0 Å². The van der Waals surface area contributed by atoms with Crippen molar-refractivity contribution < 1.29 is 19.1 Å². The summed E-state index contributed by atoms with van der Waals surface area (Å²) in [5.74, 6) is -0.533. The molecule has 0 aliphatic carbocycles. The van der Waals surface area contributed by atoms with Gasteiger partial charge in [-0.1, -0.05) is 24.3 Å². The van der Waals surface area contributed by atoms with Crippen molar-refractivity contribution in [3.63, 3.8) is 0 Å². The van der Waals surface area contributed by atoms with Crippen molar-refractivity contribution in [3.05, 3.63) is 48.4 Å². The minimum Gasteiger partial charge on any atom is -0.467 e. The lowest BCUT2D eigenvalue weighted by Gasteiger charge is -2.22. The van der Waals surface area contributed by atoms with Gasteiger partial charge in [0.15, 0.2) is 0 Å². The Kier molecular flexibility index (Phi) is 6.27. The van der Waals surface area contributed by atoms with Gasteiger partial charge in [-0.2, -0.15) is 0 Å². The van der Waals surface area contributed by atoms with E-state index >= 15 is 0 Å². The number of nitrogens with one attached hydrogen (secondary N) is 1. The molecular weight excluding hydrogens is 334 g/mol. The number of nitrogens with zero attached hydrogens (tertiary/aromatic N) is 2. The average molecular weight is 357 g/mol. The summed E-state index contributed by atoms with van der Waals surface area (Å²) in [4.78, 5) is 32.2. The first kappa shape index (κ1) is 19.4. The van der Waals surface area contributed by atoms with Crippen LogP contribution in [0.3, 0.4) is 0 Å². The van der Waals surface area contributed by atoms with Crippen molar-refractivity contribution in [3.8, 4) is 11.3 Å². The molecular formula is C19H23N3O4. The summed E-state index contributed by atoms with van der Waals surface area (Å²) in [5.41, 5.74) is 1.89. The number of hydrogen-bond donors (Lipinski definition) is 1. The third-order valence-corrected chi connectivity index (χ3v) is 3.43. The van der Waals surface area contributed by atoms with Gasteiger partial charge >= 0.3 is 12.1 Å². The van der Waals surface area contributed by atoms with Gasteiger partial charge in [0, 0.05) is 24.4 Å². The molecule has 0 aliphatic rings. The lowest BCUT2D eigenvalue weighted by molar-refractivity contribution is -0.143. The Hall–Kier alpha value is -2.96. The number of carbonyl (C=O) groups is 2. The van der Waals surface area contributed by atoms with Gasteiger partial charge in [0.1, 0.15) is 11.6 Å². The molecule has 0 saturated heterocycles. The second kappa shape index (κ2) is 8.42. The number of ether oxygens (including phenoxy) is 2. The molecule has 138 valence electrons. The lowest BCUT2D eigenvalue weighted by Crippen LogP contribution is -2.45. The smallest absolute Gasteiger partial charge is 0.408 e. The summed E-state index contributed by atoms with van der Waals surface area (Å²) in [6.45, 7) is 5.26. The van der Waals surface area contributed by atoms with Gasteiger partial charge in [-0.3, -0.25) is 9.97 Å². The van der Waals surface area contributed by atoms with Crippen molar-refractivity contribution >= 4 is 12.1 Å². The second-order valence-electron chi connectivity index (χ2n) is 6.71. The topological polar surface area (TPSA) is 90.4 Å². The number of benzene rings is 1. The van der Waals surface area contributed by atoms with Crippen LogP contribution in [0.1, 0.15) is 26.3 Å². The highest BCUT2D eigenvalue weighted by atomic mass is 16.6. The summed E-state index contributed by atoms with van der Waals surface area (Å²) in [6.07, 6.45) is 4.54. The first-order valence-corrected chi connectivity index (χ1v) is 8.21. The first-order chi connectivity index (χ1) is 12.3. The fraction of sp³-hybridized carbons (Fsp3) is 0.368. The van der Waals surface area contributed by atoms with Gasteiger partial charge < -0.3 is 14.8 Å².